The van der Waals surface area contributed by atoms with Crippen molar-refractivity contribution in [2.75, 3.05) is 20.2 Å². The second-order valence-corrected chi connectivity index (χ2v) is 7.60. The summed E-state index contributed by atoms with van der Waals surface area (Å²) in [7, 11) is 1.70. The number of carbonyl (C=O) groups is 1. The fourth-order valence-electron chi connectivity index (χ4n) is 3.85. The summed E-state index contributed by atoms with van der Waals surface area (Å²) in [6.45, 7) is 5.18. The number of hydrogen-bond donors (Lipinski definition) is 1. The summed E-state index contributed by atoms with van der Waals surface area (Å²) < 4.78 is 7.35. The Morgan fingerprint density at radius 1 is 1.20 bits per heavy atom. The maximum atomic E-state index is 12.4. The lowest BCUT2D eigenvalue weighted by molar-refractivity contribution is -0.121. The summed E-state index contributed by atoms with van der Waals surface area (Å²) in [5.41, 5.74) is 7.32. The molecule has 0 saturated carbocycles. The number of benzene rings is 2. The summed E-state index contributed by atoms with van der Waals surface area (Å²) in [6.07, 6.45) is 4.18. The lowest BCUT2D eigenvalue weighted by Crippen LogP contribution is -2.24. The van der Waals surface area contributed by atoms with Gasteiger partial charge in [0.1, 0.15) is 12.3 Å². The van der Waals surface area contributed by atoms with Gasteiger partial charge in [-0.05, 0) is 68.8 Å². The molecule has 0 atom stereocenters. The molecule has 2 aromatic carbocycles. The van der Waals surface area contributed by atoms with E-state index in [0.717, 1.165) is 53.3 Å². The van der Waals surface area contributed by atoms with E-state index in [1.54, 1.807) is 13.4 Å². The first-order chi connectivity index (χ1) is 14.6. The van der Waals surface area contributed by atoms with Crippen molar-refractivity contribution in [3.8, 4) is 5.75 Å². The smallest absolute Gasteiger partial charge is 0.260 e. The Kier molecular flexibility index (Phi) is 6.09. The minimum Gasteiger partial charge on any atom is -0.496 e. The maximum Gasteiger partial charge on any atom is 0.260 e. The quantitative estimate of drug-likeness (QED) is 0.484. The molecular formula is C23H27N5O2. The van der Waals surface area contributed by atoms with Crippen LogP contribution >= 0.6 is 0 Å². The van der Waals surface area contributed by atoms with Crippen LogP contribution in [0.5, 0.6) is 5.75 Å². The number of aromatic nitrogens is 2. The van der Waals surface area contributed by atoms with Crippen LogP contribution in [0.3, 0.4) is 0 Å². The molecule has 0 spiro atoms. The van der Waals surface area contributed by atoms with Gasteiger partial charge in [0.15, 0.2) is 0 Å². The lowest BCUT2D eigenvalue weighted by Gasteiger charge is -2.17. The molecule has 0 radical (unpaired) electrons. The van der Waals surface area contributed by atoms with E-state index in [2.05, 4.69) is 26.5 Å². The van der Waals surface area contributed by atoms with E-state index in [1.807, 2.05) is 47.9 Å². The van der Waals surface area contributed by atoms with Crippen LogP contribution in [-0.4, -0.2) is 46.3 Å². The van der Waals surface area contributed by atoms with Gasteiger partial charge in [-0.15, -0.1) is 0 Å². The molecule has 0 aliphatic carbocycles. The van der Waals surface area contributed by atoms with Gasteiger partial charge in [-0.2, -0.15) is 5.10 Å². The molecule has 2 heterocycles. The molecule has 1 aliphatic rings. The van der Waals surface area contributed by atoms with E-state index in [9.17, 15) is 4.79 Å². The number of ether oxygens (including phenoxy) is 1. The normalized spacial score (nSPS) is 14.9. The Labute approximate surface area is 176 Å². The van der Waals surface area contributed by atoms with Crippen LogP contribution in [0.15, 0.2) is 53.9 Å². The number of nitrogens with zero attached hydrogens (tertiary/aromatic N) is 4. The van der Waals surface area contributed by atoms with Crippen LogP contribution in [0.2, 0.25) is 0 Å². The van der Waals surface area contributed by atoms with E-state index in [-0.39, 0.29) is 12.5 Å². The Morgan fingerprint density at radius 3 is 2.80 bits per heavy atom. The Bertz CT molecular complexity index is 1070. The molecule has 4 rings (SSSR count). The zero-order valence-electron chi connectivity index (χ0n) is 17.5. The highest BCUT2D eigenvalue weighted by molar-refractivity contribution is 5.99. The molecule has 30 heavy (non-hydrogen) atoms. The highest BCUT2D eigenvalue weighted by Crippen LogP contribution is 2.23. The number of likely N-dealkylation sites (tertiary alicyclic amines) is 1. The number of rotatable bonds is 7. The van der Waals surface area contributed by atoms with Gasteiger partial charge in [0.2, 0.25) is 0 Å². The zero-order chi connectivity index (χ0) is 20.9. The first-order valence-electron chi connectivity index (χ1n) is 10.3. The van der Waals surface area contributed by atoms with Crippen molar-refractivity contribution in [3.05, 3.63) is 59.9 Å². The van der Waals surface area contributed by atoms with E-state index >= 15 is 0 Å². The summed E-state index contributed by atoms with van der Waals surface area (Å²) >= 11 is 0. The zero-order valence-corrected chi connectivity index (χ0v) is 17.5. The van der Waals surface area contributed by atoms with Crippen LogP contribution in [-0.2, 0) is 17.9 Å². The highest BCUT2D eigenvalue weighted by Gasteiger charge is 2.15. The van der Waals surface area contributed by atoms with E-state index in [1.165, 1.54) is 12.8 Å². The van der Waals surface area contributed by atoms with Crippen molar-refractivity contribution in [3.63, 3.8) is 0 Å². The van der Waals surface area contributed by atoms with Crippen molar-refractivity contribution in [1.29, 1.82) is 0 Å². The van der Waals surface area contributed by atoms with E-state index in [0.29, 0.717) is 0 Å². The molecule has 1 N–H and O–H groups in total. The Hall–Kier alpha value is -3.19. The fraction of sp³-hybridized carbons (Fsp3) is 0.348. The van der Waals surface area contributed by atoms with Crippen LogP contribution in [0.1, 0.15) is 30.9 Å². The largest absolute Gasteiger partial charge is 0.496 e. The molecule has 1 aromatic heterocycles. The summed E-state index contributed by atoms with van der Waals surface area (Å²) in [6, 6.07) is 13.8. The monoisotopic (exact) mass is 405 g/mol. The first kappa shape index (κ1) is 20.1. The second-order valence-electron chi connectivity index (χ2n) is 7.60. The fourth-order valence-corrected chi connectivity index (χ4v) is 3.85. The average molecular weight is 406 g/mol. The molecular weight excluding hydrogens is 378 g/mol. The van der Waals surface area contributed by atoms with Gasteiger partial charge in [0, 0.05) is 12.1 Å². The Morgan fingerprint density at radius 2 is 2.00 bits per heavy atom. The number of nitrogens with one attached hydrogen (secondary N) is 1. The van der Waals surface area contributed by atoms with Crippen LogP contribution < -0.4 is 10.2 Å². The third-order valence-corrected chi connectivity index (χ3v) is 5.48. The number of hydrogen-bond acceptors (Lipinski definition) is 5. The van der Waals surface area contributed by atoms with Gasteiger partial charge in [0.25, 0.3) is 5.91 Å². The molecule has 1 amide bonds. The Balaban J connectivity index is 1.44. The van der Waals surface area contributed by atoms with Gasteiger partial charge < -0.3 is 9.30 Å². The number of amides is 1. The van der Waals surface area contributed by atoms with Gasteiger partial charge in [-0.25, -0.2) is 10.4 Å². The van der Waals surface area contributed by atoms with Crippen LogP contribution in [0, 0.1) is 0 Å². The molecule has 3 aromatic rings. The molecule has 7 heteroatoms. The van der Waals surface area contributed by atoms with E-state index in [4.69, 9.17) is 4.74 Å². The number of imidazole rings is 1. The number of para-hydroxylation sites is 2. The lowest BCUT2D eigenvalue weighted by atomic mass is 10.1. The third-order valence-electron chi connectivity index (χ3n) is 5.48. The van der Waals surface area contributed by atoms with Crippen molar-refractivity contribution in [2.45, 2.75) is 32.9 Å². The molecule has 1 saturated heterocycles. The molecule has 1 aliphatic heterocycles. The summed E-state index contributed by atoms with van der Waals surface area (Å²) in [5, 5.41) is 4.31. The predicted octanol–water partition coefficient (Wildman–Crippen LogP) is 3.18. The number of carbonyl (C=O) groups excluding carboxylic acids is 1. The summed E-state index contributed by atoms with van der Waals surface area (Å²) in [5.74, 6) is 0.692. The van der Waals surface area contributed by atoms with Crippen molar-refractivity contribution in [2.24, 2.45) is 5.10 Å². The summed E-state index contributed by atoms with van der Waals surface area (Å²) in [4.78, 5) is 19.1. The average Bonchev–Trinajstić information content (AvgIpc) is 3.42. The predicted molar refractivity (Wildman–Crippen MR) is 118 cm³/mol. The minimum atomic E-state index is -0.191. The maximum absolute atomic E-state index is 12.4. The minimum absolute atomic E-state index is 0.167. The first-order valence-corrected chi connectivity index (χ1v) is 10.3. The second kappa shape index (κ2) is 9.09. The van der Waals surface area contributed by atoms with Crippen molar-refractivity contribution >= 4 is 22.7 Å². The number of hydrazone groups is 1. The topological polar surface area (TPSA) is 71.7 Å². The van der Waals surface area contributed by atoms with Crippen molar-refractivity contribution in [1.82, 2.24) is 19.9 Å². The van der Waals surface area contributed by atoms with Gasteiger partial charge in [-0.1, -0.05) is 12.1 Å². The van der Waals surface area contributed by atoms with Crippen molar-refractivity contribution < 1.29 is 9.53 Å². The standard InChI is InChI=1S/C23H27N5O2/c1-17(18-9-10-22(30-2)19(13-18)14-27-11-5-6-12-27)25-26-23(29)15-28-16-24-20-7-3-4-8-21(20)28/h3-4,7-10,13,16H,5-6,11-12,14-15H2,1-2H3,(H,26,29)/b25-17-. The molecule has 7 nitrogen and oxygen atoms in total. The van der Waals surface area contributed by atoms with Gasteiger partial charge in [-0.3, -0.25) is 9.69 Å². The molecule has 0 unspecified atom stereocenters. The third kappa shape index (κ3) is 4.52. The number of fused-ring (bicyclic) bond motifs is 1. The molecule has 156 valence electrons. The van der Waals surface area contributed by atoms with Crippen LogP contribution in [0.4, 0.5) is 0 Å². The molecule has 0 bridgehead atoms. The van der Waals surface area contributed by atoms with Gasteiger partial charge >= 0.3 is 0 Å². The molecule has 1 fully saturated rings. The van der Waals surface area contributed by atoms with Crippen LogP contribution in [0.25, 0.3) is 11.0 Å². The van der Waals surface area contributed by atoms with E-state index < -0.39 is 0 Å². The van der Waals surface area contributed by atoms with Gasteiger partial charge in [0.05, 0.1) is 30.2 Å². The SMILES string of the molecule is COc1ccc(/C(C)=N\NC(=O)Cn2cnc3ccccc32)cc1CN1CCCC1. The number of methoxy groups -OCH3 is 1. The highest BCUT2D eigenvalue weighted by atomic mass is 16.5.